The molecule has 0 radical (unpaired) electrons. The van der Waals surface area contributed by atoms with Crippen molar-refractivity contribution in [2.24, 2.45) is 0 Å². The van der Waals surface area contributed by atoms with Crippen LogP contribution < -0.4 is 0 Å². The Bertz CT molecular complexity index is 541. The molecule has 1 saturated carbocycles. The lowest BCUT2D eigenvalue weighted by Crippen LogP contribution is -2.52. The number of hydrogen-bond acceptors (Lipinski definition) is 3. The van der Waals surface area contributed by atoms with Gasteiger partial charge >= 0.3 is 5.97 Å². The molecule has 0 atom stereocenters. The molecule has 114 valence electrons. The molecule has 0 spiro atoms. The molecule has 1 aliphatic rings. The van der Waals surface area contributed by atoms with Crippen molar-refractivity contribution in [2.75, 3.05) is 7.05 Å². The van der Waals surface area contributed by atoms with Crippen molar-refractivity contribution in [2.45, 2.75) is 44.1 Å². The highest BCUT2D eigenvalue weighted by Crippen LogP contribution is 2.37. The van der Waals surface area contributed by atoms with E-state index in [1.54, 1.807) is 24.1 Å². The highest BCUT2D eigenvalue weighted by molar-refractivity contribution is 6.32. The maximum atomic E-state index is 12.7. The van der Waals surface area contributed by atoms with Gasteiger partial charge in [0.2, 0.25) is 0 Å². The summed E-state index contributed by atoms with van der Waals surface area (Å²) in [6.45, 7) is 0. The van der Waals surface area contributed by atoms with Gasteiger partial charge in [0.25, 0.3) is 5.91 Å². The highest BCUT2D eigenvalue weighted by atomic mass is 35.5. The van der Waals surface area contributed by atoms with Gasteiger partial charge < -0.3 is 10.0 Å². The van der Waals surface area contributed by atoms with Crippen LogP contribution in [0.1, 0.15) is 48.9 Å². The average molecular weight is 311 g/mol. The van der Waals surface area contributed by atoms with Crippen molar-refractivity contribution in [3.8, 4) is 0 Å². The first-order valence-corrected chi connectivity index (χ1v) is 7.44. The first kappa shape index (κ1) is 15.8. The van der Waals surface area contributed by atoms with Gasteiger partial charge in [-0.1, -0.05) is 30.9 Å². The number of carbonyl (C=O) groups excluding carboxylic acids is 1. The number of hydrogen-bond donors (Lipinski definition) is 1. The number of aromatic nitrogens is 1. The van der Waals surface area contributed by atoms with Crippen LogP contribution in [0.15, 0.2) is 18.3 Å². The Hall–Kier alpha value is -1.62. The van der Waals surface area contributed by atoms with Gasteiger partial charge in [0.15, 0.2) is 0 Å². The standard InChI is InChI=1S/C15H19ClN2O3/c1-18(14(21)11-6-5-9-17-13(11)16)15(10-12(19)20)7-3-2-4-8-15/h5-6,9H,2-4,7-8,10H2,1H3,(H,19,20). The number of carboxylic acid groups (broad SMARTS) is 1. The van der Waals surface area contributed by atoms with Gasteiger partial charge in [-0.25, -0.2) is 4.98 Å². The smallest absolute Gasteiger partial charge is 0.305 e. The topological polar surface area (TPSA) is 70.5 Å². The second-order valence-electron chi connectivity index (χ2n) is 5.56. The molecule has 1 fully saturated rings. The molecule has 1 aromatic rings. The van der Waals surface area contributed by atoms with Gasteiger partial charge in [-0.2, -0.15) is 0 Å². The molecule has 6 heteroatoms. The summed E-state index contributed by atoms with van der Waals surface area (Å²) in [7, 11) is 1.67. The molecular formula is C15H19ClN2O3. The minimum absolute atomic E-state index is 0.0346. The molecule has 5 nitrogen and oxygen atoms in total. The SMILES string of the molecule is CN(C(=O)c1cccnc1Cl)C1(CC(=O)O)CCCCC1. The van der Waals surface area contributed by atoms with Gasteiger partial charge in [-0.3, -0.25) is 9.59 Å². The number of carbonyl (C=O) groups is 2. The van der Waals surface area contributed by atoms with Crippen molar-refractivity contribution >= 4 is 23.5 Å². The van der Waals surface area contributed by atoms with E-state index in [4.69, 9.17) is 11.6 Å². The summed E-state index contributed by atoms with van der Waals surface area (Å²) in [5, 5.41) is 9.36. The molecule has 0 aliphatic heterocycles. The Morgan fingerprint density at radius 3 is 2.62 bits per heavy atom. The monoisotopic (exact) mass is 310 g/mol. The highest BCUT2D eigenvalue weighted by Gasteiger charge is 2.41. The van der Waals surface area contributed by atoms with Crippen LogP contribution in [0.4, 0.5) is 0 Å². The fourth-order valence-corrected chi connectivity index (χ4v) is 3.26. The largest absolute Gasteiger partial charge is 0.481 e. The van der Waals surface area contributed by atoms with Crippen LogP contribution in [-0.2, 0) is 4.79 Å². The summed E-state index contributed by atoms with van der Waals surface area (Å²) in [5.41, 5.74) is -0.308. The van der Waals surface area contributed by atoms with E-state index in [0.29, 0.717) is 18.4 Å². The van der Waals surface area contributed by atoms with Gasteiger partial charge in [-0.15, -0.1) is 0 Å². The number of halogens is 1. The zero-order valence-corrected chi connectivity index (χ0v) is 12.8. The maximum Gasteiger partial charge on any atom is 0.305 e. The van der Waals surface area contributed by atoms with Crippen LogP contribution in [-0.4, -0.2) is 39.5 Å². The number of aliphatic carboxylic acids is 1. The van der Waals surface area contributed by atoms with Gasteiger partial charge in [-0.05, 0) is 25.0 Å². The fourth-order valence-electron chi connectivity index (χ4n) is 3.06. The quantitative estimate of drug-likeness (QED) is 0.868. The van der Waals surface area contributed by atoms with E-state index in [1.807, 2.05) is 0 Å². The molecule has 1 N–H and O–H groups in total. The van der Waals surface area contributed by atoms with Crippen LogP contribution in [0.5, 0.6) is 0 Å². The van der Waals surface area contributed by atoms with Gasteiger partial charge in [0.05, 0.1) is 17.5 Å². The molecule has 1 aliphatic carbocycles. The summed E-state index contributed by atoms with van der Waals surface area (Å²) >= 11 is 5.98. The number of carboxylic acids is 1. The first-order chi connectivity index (χ1) is 9.96. The molecule has 0 saturated heterocycles. The molecule has 1 heterocycles. The number of nitrogens with zero attached hydrogens (tertiary/aromatic N) is 2. The van der Waals surface area contributed by atoms with Gasteiger partial charge in [0.1, 0.15) is 5.15 Å². The lowest BCUT2D eigenvalue weighted by atomic mass is 9.78. The number of pyridine rings is 1. The lowest BCUT2D eigenvalue weighted by molar-refractivity contribution is -0.140. The van der Waals surface area contributed by atoms with E-state index < -0.39 is 11.5 Å². The Kier molecular flexibility index (Phi) is 4.83. The minimum atomic E-state index is -0.881. The summed E-state index contributed by atoms with van der Waals surface area (Å²) < 4.78 is 0. The van der Waals surface area contributed by atoms with Crippen LogP contribution in [0.3, 0.4) is 0 Å². The number of amides is 1. The first-order valence-electron chi connectivity index (χ1n) is 7.07. The predicted molar refractivity (Wildman–Crippen MR) is 79.4 cm³/mol. The third kappa shape index (κ3) is 3.35. The van der Waals surface area contributed by atoms with Crippen LogP contribution >= 0.6 is 11.6 Å². The third-order valence-corrected chi connectivity index (χ3v) is 4.57. The lowest BCUT2D eigenvalue weighted by Gasteiger charge is -2.44. The van der Waals surface area contributed by atoms with Crippen LogP contribution in [0.2, 0.25) is 5.15 Å². The zero-order valence-electron chi connectivity index (χ0n) is 12.0. The van der Waals surface area contributed by atoms with E-state index in [9.17, 15) is 14.7 Å². The van der Waals surface area contributed by atoms with Crippen molar-refractivity contribution in [3.05, 3.63) is 29.0 Å². The molecule has 2 rings (SSSR count). The summed E-state index contributed by atoms with van der Waals surface area (Å²) in [6, 6.07) is 3.27. The Morgan fingerprint density at radius 1 is 1.38 bits per heavy atom. The van der Waals surface area contributed by atoms with Crippen LogP contribution in [0, 0.1) is 0 Å². The van der Waals surface area contributed by atoms with Crippen molar-refractivity contribution in [3.63, 3.8) is 0 Å². The Labute approximate surface area is 128 Å². The van der Waals surface area contributed by atoms with E-state index in [2.05, 4.69) is 4.98 Å². The molecule has 0 bridgehead atoms. The fraction of sp³-hybridized carbons (Fsp3) is 0.533. The molecule has 1 aromatic heterocycles. The Balaban J connectivity index is 2.29. The molecule has 0 aromatic carbocycles. The minimum Gasteiger partial charge on any atom is -0.481 e. The molecule has 21 heavy (non-hydrogen) atoms. The van der Waals surface area contributed by atoms with Crippen molar-refractivity contribution in [1.29, 1.82) is 0 Å². The summed E-state index contributed by atoms with van der Waals surface area (Å²) in [4.78, 5) is 29.4. The second kappa shape index (κ2) is 6.43. The zero-order chi connectivity index (χ0) is 15.5. The molecular weight excluding hydrogens is 292 g/mol. The van der Waals surface area contributed by atoms with E-state index in [1.165, 1.54) is 6.20 Å². The average Bonchev–Trinajstić information content (AvgIpc) is 2.46. The summed E-state index contributed by atoms with van der Waals surface area (Å²) in [5.74, 6) is -1.15. The van der Waals surface area contributed by atoms with E-state index >= 15 is 0 Å². The maximum absolute atomic E-state index is 12.7. The van der Waals surface area contributed by atoms with Crippen molar-refractivity contribution < 1.29 is 14.7 Å². The summed E-state index contributed by atoms with van der Waals surface area (Å²) in [6.07, 6.45) is 5.85. The van der Waals surface area contributed by atoms with E-state index in [-0.39, 0.29) is 17.5 Å². The second-order valence-corrected chi connectivity index (χ2v) is 5.92. The molecule has 1 amide bonds. The van der Waals surface area contributed by atoms with Gasteiger partial charge in [0, 0.05) is 13.2 Å². The van der Waals surface area contributed by atoms with E-state index in [0.717, 1.165) is 19.3 Å². The predicted octanol–water partition coefficient (Wildman–Crippen LogP) is 2.98. The normalized spacial score (nSPS) is 17.2. The van der Waals surface area contributed by atoms with Crippen molar-refractivity contribution in [1.82, 2.24) is 9.88 Å². The van der Waals surface area contributed by atoms with Crippen LogP contribution in [0.25, 0.3) is 0 Å². The number of rotatable bonds is 4. The third-order valence-electron chi connectivity index (χ3n) is 4.27. The molecule has 0 unspecified atom stereocenters. The Morgan fingerprint density at radius 2 is 2.05 bits per heavy atom.